The SMILES string of the molecule is NC(C(F)F)C1CCCCCCC1. The maximum absolute atomic E-state index is 12.3. The lowest BCUT2D eigenvalue weighted by atomic mass is 9.86. The zero-order valence-electron chi connectivity index (χ0n) is 8.02. The van der Waals surface area contributed by atoms with E-state index >= 15 is 0 Å². The van der Waals surface area contributed by atoms with Crippen LogP contribution in [0.25, 0.3) is 0 Å². The van der Waals surface area contributed by atoms with Crippen LogP contribution in [0.3, 0.4) is 0 Å². The maximum atomic E-state index is 12.3. The van der Waals surface area contributed by atoms with Crippen molar-refractivity contribution < 1.29 is 8.78 Å². The molecule has 13 heavy (non-hydrogen) atoms. The predicted octanol–water partition coefficient (Wildman–Crippen LogP) is 2.94. The molecule has 1 unspecified atom stereocenters. The highest BCUT2D eigenvalue weighted by Crippen LogP contribution is 2.26. The van der Waals surface area contributed by atoms with E-state index in [0.717, 1.165) is 25.7 Å². The van der Waals surface area contributed by atoms with E-state index in [1.165, 1.54) is 19.3 Å². The Balaban J connectivity index is 2.36. The van der Waals surface area contributed by atoms with Crippen molar-refractivity contribution in [2.24, 2.45) is 11.7 Å². The second kappa shape index (κ2) is 5.53. The topological polar surface area (TPSA) is 26.0 Å². The van der Waals surface area contributed by atoms with E-state index in [0.29, 0.717) is 0 Å². The molecule has 0 aromatic heterocycles. The van der Waals surface area contributed by atoms with Gasteiger partial charge in [0, 0.05) is 0 Å². The molecule has 1 aliphatic carbocycles. The van der Waals surface area contributed by atoms with Crippen molar-refractivity contribution in [2.45, 2.75) is 57.4 Å². The molecular formula is C10H19F2N. The second-order valence-electron chi connectivity index (χ2n) is 4.02. The summed E-state index contributed by atoms with van der Waals surface area (Å²) in [4.78, 5) is 0. The Kier molecular flexibility index (Phi) is 4.64. The van der Waals surface area contributed by atoms with Crippen molar-refractivity contribution in [1.82, 2.24) is 0 Å². The van der Waals surface area contributed by atoms with Gasteiger partial charge >= 0.3 is 0 Å². The van der Waals surface area contributed by atoms with Gasteiger partial charge in [-0.1, -0.05) is 32.1 Å². The lowest BCUT2D eigenvalue weighted by Gasteiger charge is -2.24. The van der Waals surface area contributed by atoms with Gasteiger partial charge in [-0.2, -0.15) is 0 Å². The average Bonchev–Trinajstić information content (AvgIpc) is 2.02. The van der Waals surface area contributed by atoms with Gasteiger partial charge in [0.2, 0.25) is 0 Å². The van der Waals surface area contributed by atoms with Gasteiger partial charge < -0.3 is 5.73 Å². The predicted molar refractivity (Wildman–Crippen MR) is 49.8 cm³/mol. The summed E-state index contributed by atoms with van der Waals surface area (Å²) in [5.74, 6) is 0.0558. The van der Waals surface area contributed by atoms with Crippen molar-refractivity contribution >= 4 is 0 Å². The molecule has 1 atom stereocenters. The quantitative estimate of drug-likeness (QED) is 0.713. The van der Waals surface area contributed by atoms with Crippen LogP contribution in [0, 0.1) is 5.92 Å². The standard InChI is InChI=1S/C10H19F2N/c11-10(12)9(13)8-6-4-2-1-3-5-7-8/h8-10H,1-7,13H2. The molecule has 2 N–H and O–H groups in total. The summed E-state index contributed by atoms with van der Waals surface area (Å²) in [6.07, 6.45) is 5.23. The lowest BCUT2D eigenvalue weighted by Crippen LogP contribution is -2.37. The summed E-state index contributed by atoms with van der Waals surface area (Å²) in [5, 5.41) is 0. The number of alkyl halides is 2. The number of hydrogen-bond donors (Lipinski definition) is 1. The minimum absolute atomic E-state index is 0.0558. The van der Waals surface area contributed by atoms with Crippen LogP contribution < -0.4 is 5.73 Å². The molecule has 0 bridgehead atoms. The molecule has 0 aromatic carbocycles. The van der Waals surface area contributed by atoms with E-state index in [1.54, 1.807) is 0 Å². The molecule has 0 saturated heterocycles. The van der Waals surface area contributed by atoms with Gasteiger partial charge in [0.15, 0.2) is 0 Å². The molecule has 1 fully saturated rings. The van der Waals surface area contributed by atoms with Gasteiger partial charge in [0.05, 0.1) is 6.04 Å². The molecule has 3 heteroatoms. The van der Waals surface area contributed by atoms with Gasteiger partial charge in [-0.3, -0.25) is 0 Å². The maximum Gasteiger partial charge on any atom is 0.253 e. The first-order valence-corrected chi connectivity index (χ1v) is 5.25. The smallest absolute Gasteiger partial charge is 0.253 e. The molecule has 0 aliphatic heterocycles. The molecule has 0 amide bonds. The van der Waals surface area contributed by atoms with E-state index in [9.17, 15) is 8.78 Å². The number of nitrogens with two attached hydrogens (primary N) is 1. The van der Waals surface area contributed by atoms with Crippen LogP contribution in [0.15, 0.2) is 0 Å². The molecular weight excluding hydrogens is 172 g/mol. The molecule has 0 radical (unpaired) electrons. The minimum Gasteiger partial charge on any atom is -0.323 e. The third-order valence-electron chi connectivity index (χ3n) is 2.99. The third-order valence-corrected chi connectivity index (χ3v) is 2.99. The van der Waals surface area contributed by atoms with Crippen molar-refractivity contribution in [1.29, 1.82) is 0 Å². The molecule has 1 nitrogen and oxygen atoms in total. The fourth-order valence-corrected chi connectivity index (χ4v) is 2.08. The summed E-state index contributed by atoms with van der Waals surface area (Å²) in [6, 6.07) is -0.891. The molecule has 1 saturated carbocycles. The van der Waals surface area contributed by atoms with Crippen LogP contribution in [-0.2, 0) is 0 Å². The highest BCUT2D eigenvalue weighted by atomic mass is 19.3. The highest BCUT2D eigenvalue weighted by molar-refractivity contribution is 4.76. The number of hydrogen-bond acceptors (Lipinski definition) is 1. The van der Waals surface area contributed by atoms with E-state index in [2.05, 4.69) is 0 Å². The fraction of sp³-hybridized carbons (Fsp3) is 1.00. The number of halogens is 2. The van der Waals surface area contributed by atoms with E-state index in [4.69, 9.17) is 5.73 Å². The molecule has 1 rings (SSSR count). The summed E-state index contributed by atoms with van der Waals surface area (Å²) in [6.45, 7) is 0. The first kappa shape index (κ1) is 10.9. The molecule has 0 heterocycles. The Morgan fingerprint density at radius 1 is 0.923 bits per heavy atom. The second-order valence-corrected chi connectivity index (χ2v) is 4.02. The number of rotatable bonds is 2. The van der Waals surface area contributed by atoms with E-state index in [-0.39, 0.29) is 5.92 Å². The van der Waals surface area contributed by atoms with Crippen LogP contribution in [0.5, 0.6) is 0 Å². The van der Waals surface area contributed by atoms with Crippen molar-refractivity contribution in [3.05, 3.63) is 0 Å². The lowest BCUT2D eigenvalue weighted by molar-refractivity contribution is 0.0805. The van der Waals surface area contributed by atoms with Crippen LogP contribution >= 0.6 is 0 Å². The van der Waals surface area contributed by atoms with Crippen molar-refractivity contribution in [2.75, 3.05) is 0 Å². The van der Waals surface area contributed by atoms with Gasteiger partial charge in [-0.05, 0) is 18.8 Å². The Morgan fingerprint density at radius 3 is 1.85 bits per heavy atom. The van der Waals surface area contributed by atoms with E-state index < -0.39 is 12.5 Å². The molecule has 1 aliphatic rings. The molecule has 78 valence electrons. The van der Waals surface area contributed by atoms with Gasteiger partial charge in [-0.25, -0.2) is 8.78 Å². The Hall–Kier alpha value is -0.180. The van der Waals surface area contributed by atoms with Crippen molar-refractivity contribution in [3.63, 3.8) is 0 Å². The molecule has 0 spiro atoms. The average molecular weight is 191 g/mol. The summed E-state index contributed by atoms with van der Waals surface area (Å²) >= 11 is 0. The summed E-state index contributed by atoms with van der Waals surface area (Å²) < 4.78 is 24.6. The Labute approximate surface area is 78.7 Å². The largest absolute Gasteiger partial charge is 0.323 e. The monoisotopic (exact) mass is 191 g/mol. The van der Waals surface area contributed by atoms with Gasteiger partial charge in [0.1, 0.15) is 0 Å². The first-order valence-electron chi connectivity index (χ1n) is 5.25. The van der Waals surface area contributed by atoms with Crippen LogP contribution in [0.4, 0.5) is 8.78 Å². The van der Waals surface area contributed by atoms with Crippen LogP contribution in [-0.4, -0.2) is 12.5 Å². The molecule has 0 aromatic rings. The normalized spacial score (nSPS) is 24.0. The third kappa shape index (κ3) is 3.59. The zero-order valence-corrected chi connectivity index (χ0v) is 8.02. The van der Waals surface area contributed by atoms with Crippen molar-refractivity contribution in [3.8, 4) is 0 Å². The Bertz CT molecular complexity index is 131. The highest BCUT2D eigenvalue weighted by Gasteiger charge is 2.25. The van der Waals surface area contributed by atoms with E-state index in [1.807, 2.05) is 0 Å². The first-order chi connectivity index (χ1) is 6.22. The van der Waals surface area contributed by atoms with Gasteiger partial charge in [0.25, 0.3) is 6.43 Å². The fourth-order valence-electron chi connectivity index (χ4n) is 2.08. The Morgan fingerprint density at radius 2 is 1.38 bits per heavy atom. The summed E-state index contributed by atoms with van der Waals surface area (Å²) in [7, 11) is 0. The van der Waals surface area contributed by atoms with Crippen LogP contribution in [0.1, 0.15) is 44.9 Å². The zero-order chi connectivity index (χ0) is 9.68. The van der Waals surface area contributed by atoms with Gasteiger partial charge in [-0.15, -0.1) is 0 Å². The van der Waals surface area contributed by atoms with Crippen LogP contribution in [0.2, 0.25) is 0 Å². The minimum atomic E-state index is -2.34. The summed E-state index contributed by atoms with van der Waals surface area (Å²) in [5.41, 5.74) is 5.46.